The highest BCUT2D eigenvalue weighted by Gasteiger charge is 2.60. The van der Waals surface area contributed by atoms with Gasteiger partial charge in [-0.15, -0.1) is 12.4 Å². The molecule has 0 spiro atoms. The molecule has 0 aromatic rings. The first-order valence-corrected chi connectivity index (χ1v) is 6.49. The van der Waals surface area contributed by atoms with Gasteiger partial charge in [-0.1, -0.05) is 0 Å². The zero-order valence-electron chi connectivity index (χ0n) is 12.2. The molecule has 0 aromatic carbocycles. The third kappa shape index (κ3) is 3.74. The van der Waals surface area contributed by atoms with Crippen LogP contribution >= 0.6 is 12.4 Å². The Morgan fingerprint density at radius 1 is 1.37 bits per heavy atom. The number of alkyl carbamates (subject to hydrolysis) is 1. The third-order valence-electron chi connectivity index (χ3n) is 3.69. The van der Waals surface area contributed by atoms with Crippen molar-refractivity contribution in [2.24, 2.45) is 5.41 Å². The Morgan fingerprint density at radius 3 is 2.53 bits per heavy atom. The monoisotopic (exact) mass is 292 g/mol. The molecule has 112 valence electrons. The van der Waals surface area contributed by atoms with Crippen molar-refractivity contribution in [1.82, 2.24) is 10.6 Å². The van der Waals surface area contributed by atoms with Crippen LogP contribution in [0.25, 0.3) is 0 Å². The highest BCUT2D eigenvalue weighted by molar-refractivity contribution is 5.85. The minimum Gasteiger partial charge on any atom is -0.444 e. The maximum atomic E-state index is 11.6. The van der Waals surface area contributed by atoms with Gasteiger partial charge in [-0.2, -0.15) is 0 Å². The second-order valence-corrected chi connectivity index (χ2v) is 6.78. The topological polar surface area (TPSA) is 59.6 Å². The first-order chi connectivity index (χ1) is 8.28. The van der Waals surface area contributed by atoms with Gasteiger partial charge >= 0.3 is 6.09 Å². The highest BCUT2D eigenvalue weighted by Crippen LogP contribution is 2.53. The molecule has 0 aromatic heterocycles. The van der Waals surface area contributed by atoms with Crippen LogP contribution in [0.15, 0.2) is 0 Å². The van der Waals surface area contributed by atoms with Crippen LogP contribution in [0.5, 0.6) is 0 Å². The lowest BCUT2D eigenvalue weighted by Gasteiger charge is -2.45. The summed E-state index contributed by atoms with van der Waals surface area (Å²) in [4.78, 5) is 11.6. The number of ether oxygens (including phenoxy) is 2. The zero-order chi connectivity index (χ0) is 13.4. The van der Waals surface area contributed by atoms with Crippen LogP contribution in [0.1, 0.15) is 33.6 Å². The van der Waals surface area contributed by atoms with E-state index < -0.39 is 5.60 Å². The number of rotatable bonds is 4. The molecule has 6 heteroatoms. The number of amides is 1. The molecule has 5 nitrogen and oxygen atoms in total. The Bertz CT molecular complexity index is 335. The van der Waals surface area contributed by atoms with Crippen molar-refractivity contribution < 1.29 is 14.3 Å². The summed E-state index contributed by atoms with van der Waals surface area (Å²) in [5.41, 5.74) is -0.0793. The fraction of sp³-hybridized carbons (Fsp3) is 0.923. The van der Waals surface area contributed by atoms with Crippen LogP contribution in [0.4, 0.5) is 4.79 Å². The summed E-state index contributed by atoms with van der Waals surface area (Å²) < 4.78 is 10.5. The SMILES string of the molecule is COCC12CNC(CNC(=O)OC(C)(C)C)(C1)C2.Cl. The first-order valence-electron chi connectivity index (χ1n) is 6.49. The summed E-state index contributed by atoms with van der Waals surface area (Å²) in [6.07, 6.45) is 1.81. The van der Waals surface area contributed by atoms with Crippen molar-refractivity contribution >= 4 is 18.5 Å². The van der Waals surface area contributed by atoms with Crippen LogP contribution in [-0.4, -0.2) is 44.0 Å². The molecule has 2 saturated heterocycles. The summed E-state index contributed by atoms with van der Waals surface area (Å²) in [5, 5.41) is 6.36. The third-order valence-corrected chi connectivity index (χ3v) is 3.69. The molecule has 1 aliphatic carbocycles. The van der Waals surface area contributed by atoms with Gasteiger partial charge in [0.15, 0.2) is 0 Å². The number of hydrogen-bond donors (Lipinski definition) is 2. The van der Waals surface area contributed by atoms with E-state index in [1.54, 1.807) is 7.11 Å². The molecule has 3 rings (SSSR count). The second kappa shape index (κ2) is 5.46. The van der Waals surface area contributed by atoms with Gasteiger partial charge in [0.25, 0.3) is 0 Å². The largest absolute Gasteiger partial charge is 0.444 e. The molecule has 1 amide bonds. The first kappa shape index (κ1) is 16.5. The van der Waals surface area contributed by atoms with E-state index in [1.807, 2.05) is 20.8 Å². The molecule has 3 aliphatic rings. The summed E-state index contributed by atoms with van der Waals surface area (Å²) >= 11 is 0. The lowest BCUT2D eigenvalue weighted by atomic mass is 9.62. The lowest BCUT2D eigenvalue weighted by molar-refractivity contribution is 0.0148. The van der Waals surface area contributed by atoms with Crippen molar-refractivity contribution in [2.75, 3.05) is 26.8 Å². The van der Waals surface area contributed by atoms with Gasteiger partial charge in [0, 0.05) is 31.2 Å². The molecule has 3 fully saturated rings. The Kier molecular flexibility index (Phi) is 4.75. The predicted octanol–water partition coefficient (Wildman–Crippen LogP) is 1.70. The number of nitrogens with one attached hydrogen (secondary N) is 2. The Morgan fingerprint density at radius 2 is 2.00 bits per heavy atom. The fourth-order valence-corrected chi connectivity index (χ4v) is 3.21. The van der Waals surface area contributed by atoms with Gasteiger partial charge in [0.1, 0.15) is 5.60 Å². The molecule has 0 atom stereocenters. The second-order valence-electron chi connectivity index (χ2n) is 6.78. The molecule has 0 unspecified atom stereocenters. The quantitative estimate of drug-likeness (QED) is 0.828. The average molecular weight is 293 g/mol. The van der Waals surface area contributed by atoms with E-state index in [2.05, 4.69) is 10.6 Å². The van der Waals surface area contributed by atoms with Crippen LogP contribution in [-0.2, 0) is 9.47 Å². The molecule has 1 saturated carbocycles. The smallest absolute Gasteiger partial charge is 0.407 e. The van der Waals surface area contributed by atoms with Gasteiger partial charge in [-0.3, -0.25) is 0 Å². The molecule has 2 aliphatic heterocycles. The fourth-order valence-electron chi connectivity index (χ4n) is 3.21. The minimum atomic E-state index is -0.440. The zero-order valence-corrected chi connectivity index (χ0v) is 13.0. The van der Waals surface area contributed by atoms with Crippen molar-refractivity contribution in [3.8, 4) is 0 Å². The number of fused-ring (bicyclic) bond motifs is 1. The maximum Gasteiger partial charge on any atom is 0.407 e. The van der Waals surface area contributed by atoms with E-state index in [0.717, 1.165) is 26.0 Å². The molecule has 2 bridgehead atoms. The Hall–Kier alpha value is -0.520. The van der Waals surface area contributed by atoms with Crippen molar-refractivity contribution in [3.05, 3.63) is 0 Å². The van der Waals surface area contributed by atoms with Gasteiger partial charge in [0.05, 0.1) is 6.61 Å². The molecule has 0 radical (unpaired) electrons. The van der Waals surface area contributed by atoms with Crippen molar-refractivity contribution in [3.63, 3.8) is 0 Å². The normalized spacial score (nSPS) is 32.2. The summed E-state index contributed by atoms with van der Waals surface area (Å²) in [7, 11) is 1.74. The molecular formula is C13H25ClN2O3. The standard InChI is InChI=1S/C13H24N2O3.ClH/c1-11(2,3)18-10(16)14-8-13-5-12(6-13,7-15-13)9-17-4;/h15H,5-9H2,1-4H3,(H,14,16);1H. The van der Waals surface area contributed by atoms with Crippen LogP contribution in [0.3, 0.4) is 0 Å². The predicted molar refractivity (Wildman–Crippen MR) is 75.8 cm³/mol. The number of hydrogen-bond acceptors (Lipinski definition) is 4. The summed E-state index contributed by atoms with van der Waals surface area (Å²) in [6.45, 7) is 8.02. The lowest BCUT2D eigenvalue weighted by Crippen LogP contribution is -2.56. The number of carbonyl (C=O) groups excluding carboxylic acids is 1. The van der Waals surface area contributed by atoms with E-state index in [4.69, 9.17) is 9.47 Å². The number of carbonyl (C=O) groups is 1. The molecule has 2 heterocycles. The highest BCUT2D eigenvalue weighted by atomic mass is 35.5. The van der Waals surface area contributed by atoms with Crippen LogP contribution in [0.2, 0.25) is 0 Å². The average Bonchev–Trinajstić information content (AvgIpc) is 2.68. The molecule has 19 heavy (non-hydrogen) atoms. The Labute approximate surface area is 121 Å². The van der Waals surface area contributed by atoms with E-state index in [0.29, 0.717) is 12.0 Å². The van der Waals surface area contributed by atoms with Crippen molar-refractivity contribution in [1.29, 1.82) is 0 Å². The van der Waals surface area contributed by atoms with E-state index in [9.17, 15) is 4.79 Å². The van der Waals surface area contributed by atoms with Crippen LogP contribution in [0, 0.1) is 5.41 Å². The van der Waals surface area contributed by atoms with E-state index in [1.165, 1.54) is 0 Å². The maximum absolute atomic E-state index is 11.6. The van der Waals surface area contributed by atoms with Gasteiger partial charge in [0.2, 0.25) is 0 Å². The summed E-state index contributed by atoms with van der Waals surface area (Å²) in [6, 6.07) is 0. The number of methoxy groups -OCH3 is 1. The minimum absolute atomic E-state index is 0. The van der Waals surface area contributed by atoms with Gasteiger partial charge < -0.3 is 20.1 Å². The molecular weight excluding hydrogens is 268 g/mol. The van der Waals surface area contributed by atoms with Crippen LogP contribution < -0.4 is 10.6 Å². The summed E-state index contributed by atoms with van der Waals surface area (Å²) in [5.74, 6) is 0. The Balaban J connectivity index is 0.00000180. The van der Waals surface area contributed by atoms with E-state index in [-0.39, 0.29) is 24.0 Å². The van der Waals surface area contributed by atoms with Crippen molar-refractivity contribution in [2.45, 2.75) is 44.8 Å². The van der Waals surface area contributed by atoms with Gasteiger partial charge in [-0.05, 0) is 33.6 Å². The molecule has 2 N–H and O–H groups in total. The van der Waals surface area contributed by atoms with E-state index >= 15 is 0 Å². The van der Waals surface area contributed by atoms with Gasteiger partial charge in [-0.25, -0.2) is 4.79 Å². The number of halogens is 1.